The molecule has 0 aliphatic carbocycles. The summed E-state index contributed by atoms with van der Waals surface area (Å²) in [5, 5.41) is 4.54. The molecule has 13 heavy (non-hydrogen) atoms. The molecule has 2 nitrogen and oxygen atoms in total. The highest BCUT2D eigenvalue weighted by Crippen LogP contribution is 2.22. The SMILES string of the molecule is CC(C)N=C([N-]C(C)C)C(C)(C)C. The zero-order chi connectivity index (χ0) is 10.6. The van der Waals surface area contributed by atoms with Crippen LogP contribution in [-0.4, -0.2) is 17.9 Å². The van der Waals surface area contributed by atoms with Crippen molar-refractivity contribution in [1.82, 2.24) is 0 Å². The summed E-state index contributed by atoms with van der Waals surface area (Å²) in [5.41, 5.74) is 0.0640. The first-order chi connectivity index (χ1) is 5.73. The number of nitrogens with zero attached hydrogens (tertiary/aromatic N) is 2. The molecule has 0 heterocycles. The van der Waals surface area contributed by atoms with Gasteiger partial charge in [-0.15, -0.1) is 0 Å². The van der Waals surface area contributed by atoms with Crippen LogP contribution in [0.1, 0.15) is 48.5 Å². The van der Waals surface area contributed by atoms with Crippen molar-refractivity contribution in [3.8, 4) is 0 Å². The summed E-state index contributed by atoms with van der Waals surface area (Å²) >= 11 is 0. The fourth-order valence-corrected chi connectivity index (χ4v) is 0.910. The van der Waals surface area contributed by atoms with Crippen LogP contribution >= 0.6 is 0 Å². The van der Waals surface area contributed by atoms with Gasteiger partial charge in [0.1, 0.15) is 0 Å². The average molecular weight is 183 g/mol. The summed E-state index contributed by atoms with van der Waals surface area (Å²) in [6.45, 7) is 14.8. The summed E-state index contributed by atoms with van der Waals surface area (Å²) in [6.07, 6.45) is 0. The smallest absolute Gasteiger partial charge is 0.0214 e. The van der Waals surface area contributed by atoms with Gasteiger partial charge in [0.2, 0.25) is 0 Å². The Kier molecular flexibility index (Phi) is 4.45. The lowest BCUT2D eigenvalue weighted by atomic mass is 9.94. The van der Waals surface area contributed by atoms with Gasteiger partial charge in [-0.1, -0.05) is 54.3 Å². The minimum absolute atomic E-state index is 0.0640. The molecule has 0 aliphatic rings. The van der Waals surface area contributed by atoms with E-state index in [0.717, 1.165) is 5.84 Å². The molecule has 0 unspecified atom stereocenters. The number of hydrogen-bond acceptors (Lipinski definition) is 1. The number of hydrogen-bond donors (Lipinski definition) is 0. The van der Waals surface area contributed by atoms with Crippen molar-refractivity contribution >= 4 is 5.84 Å². The van der Waals surface area contributed by atoms with Crippen LogP contribution in [0.2, 0.25) is 0 Å². The first-order valence-corrected chi connectivity index (χ1v) is 5.02. The molecule has 0 N–H and O–H groups in total. The van der Waals surface area contributed by atoms with E-state index in [9.17, 15) is 0 Å². The van der Waals surface area contributed by atoms with E-state index in [1.807, 2.05) is 0 Å². The molecule has 0 spiro atoms. The minimum atomic E-state index is 0.0640. The lowest BCUT2D eigenvalue weighted by Gasteiger charge is -2.34. The van der Waals surface area contributed by atoms with Crippen LogP contribution in [0.5, 0.6) is 0 Å². The third kappa shape index (κ3) is 5.67. The maximum Gasteiger partial charge on any atom is -0.0214 e. The average Bonchev–Trinajstić information content (AvgIpc) is 1.81. The Balaban J connectivity index is 4.57. The van der Waals surface area contributed by atoms with Crippen LogP contribution in [0.25, 0.3) is 5.32 Å². The first-order valence-electron chi connectivity index (χ1n) is 5.02. The van der Waals surface area contributed by atoms with Crippen molar-refractivity contribution in [2.45, 2.75) is 60.5 Å². The Morgan fingerprint density at radius 3 is 1.77 bits per heavy atom. The van der Waals surface area contributed by atoms with Crippen LogP contribution in [0.15, 0.2) is 4.99 Å². The van der Waals surface area contributed by atoms with Gasteiger partial charge >= 0.3 is 0 Å². The van der Waals surface area contributed by atoms with Gasteiger partial charge in [0.05, 0.1) is 0 Å². The molecule has 0 aromatic heterocycles. The van der Waals surface area contributed by atoms with E-state index in [4.69, 9.17) is 0 Å². The summed E-state index contributed by atoms with van der Waals surface area (Å²) in [4.78, 5) is 4.54. The Hall–Kier alpha value is -0.530. The quantitative estimate of drug-likeness (QED) is 0.462. The lowest BCUT2D eigenvalue weighted by Crippen LogP contribution is -2.23. The second-order valence-corrected chi connectivity index (χ2v) is 5.02. The van der Waals surface area contributed by atoms with Crippen LogP contribution in [0, 0.1) is 5.41 Å². The van der Waals surface area contributed by atoms with Gasteiger partial charge in [-0.2, -0.15) is 0 Å². The largest absolute Gasteiger partial charge is 0.466 e. The Bertz CT molecular complexity index is 173. The molecule has 78 valence electrons. The monoisotopic (exact) mass is 183 g/mol. The fraction of sp³-hybridized carbons (Fsp3) is 0.909. The Morgan fingerprint density at radius 2 is 1.54 bits per heavy atom. The van der Waals surface area contributed by atoms with Gasteiger partial charge < -0.3 is 10.3 Å². The van der Waals surface area contributed by atoms with Crippen LogP contribution < -0.4 is 0 Å². The normalized spacial score (nSPS) is 14.1. The Morgan fingerprint density at radius 1 is 1.08 bits per heavy atom. The summed E-state index contributed by atoms with van der Waals surface area (Å²) < 4.78 is 0. The zero-order valence-electron chi connectivity index (χ0n) is 10.0. The van der Waals surface area contributed by atoms with Gasteiger partial charge in [-0.05, 0) is 17.5 Å². The molecule has 0 amide bonds. The van der Waals surface area contributed by atoms with Crippen molar-refractivity contribution < 1.29 is 0 Å². The molecular formula is C11H23N2-. The molecular weight excluding hydrogens is 160 g/mol. The van der Waals surface area contributed by atoms with E-state index in [1.165, 1.54) is 0 Å². The number of rotatable bonds is 2. The van der Waals surface area contributed by atoms with Crippen molar-refractivity contribution in [2.24, 2.45) is 10.4 Å². The summed E-state index contributed by atoms with van der Waals surface area (Å²) in [5.74, 6) is 0.984. The van der Waals surface area contributed by atoms with Crippen molar-refractivity contribution in [2.75, 3.05) is 0 Å². The van der Waals surface area contributed by atoms with E-state index in [2.05, 4.69) is 58.8 Å². The molecule has 0 saturated carbocycles. The molecule has 0 atom stereocenters. The molecule has 0 fully saturated rings. The third-order valence-electron chi connectivity index (χ3n) is 1.43. The molecule has 0 radical (unpaired) electrons. The standard InChI is InChI=1S/C11H23N2/c1-8(2)12-10(11(5,6)7)13-9(3)4/h8-9H,1-7H3/q-1. The van der Waals surface area contributed by atoms with E-state index in [1.54, 1.807) is 0 Å². The lowest BCUT2D eigenvalue weighted by molar-refractivity contribution is 0.579. The van der Waals surface area contributed by atoms with Gasteiger partial charge in [0.25, 0.3) is 0 Å². The van der Waals surface area contributed by atoms with Crippen molar-refractivity contribution in [1.29, 1.82) is 0 Å². The molecule has 0 aromatic carbocycles. The molecule has 2 heteroatoms. The Labute approximate surface area is 82.8 Å². The van der Waals surface area contributed by atoms with Gasteiger partial charge in [0, 0.05) is 0 Å². The highest BCUT2D eigenvalue weighted by molar-refractivity contribution is 5.98. The van der Waals surface area contributed by atoms with Gasteiger partial charge in [-0.25, -0.2) is 0 Å². The van der Waals surface area contributed by atoms with E-state index < -0.39 is 0 Å². The highest BCUT2D eigenvalue weighted by Gasteiger charge is 2.11. The van der Waals surface area contributed by atoms with Crippen molar-refractivity contribution in [3.63, 3.8) is 0 Å². The summed E-state index contributed by atoms with van der Waals surface area (Å²) in [7, 11) is 0. The maximum atomic E-state index is 4.54. The predicted octanol–water partition coefficient (Wildman–Crippen LogP) is 3.62. The van der Waals surface area contributed by atoms with Gasteiger partial charge in [-0.3, -0.25) is 0 Å². The van der Waals surface area contributed by atoms with E-state index >= 15 is 0 Å². The third-order valence-corrected chi connectivity index (χ3v) is 1.43. The topological polar surface area (TPSA) is 26.5 Å². The highest BCUT2D eigenvalue weighted by atomic mass is 15.0. The van der Waals surface area contributed by atoms with E-state index in [-0.39, 0.29) is 5.41 Å². The molecule has 0 bridgehead atoms. The number of amidine groups is 1. The first kappa shape index (κ1) is 12.5. The maximum absolute atomic E-state index is 4.54. The second kappa shape index (κ2) is 4.64. The van der Waals surface area contributed by atoms with E-state index in [0.29, 0.717) is 12.1 Å². The van der Waals surface area contributed by atoms with Crippen LogP contribution in [0.3, 0.4) is 0 Å². The molecule has 0 rings (SSSR count). The van der Waals surface area contributed by atoms with Gasteiger partial charge in [0.15, 0.2) is 0 Å². The number of aliphatic imine (C=N–C) groups is 1. The molecule has 0 aliphatic heterocycles. The fourth-order valence-electron chi connectivity index (χ4n) is 0.910. The zero-order valence-corrected chi connectivity index (χ0v) is 10.0. The second-order valence-electron chi connectivity index (χ2n) is 5.02. The summed E-state index contributed by atoms with van der Waals surface area (Å²) in [6, 6.07) is 0.661. The van der Waals surface area contributed by atoms with Crippen molar-refractivity contribution in [3.05, 3.63) is 5.32 Å². The predicted molar refractivity (Wildman–Crippen MR) is 60.5 cm³/mol. The van der Waals surface area contributed by atoms with Crippen LogP contribution in [-0.2, 0) is 0 Å². The molecule has 0 saturated heterocycles. The molecule has 0 aromatic rings. The minimum Gasteiger partial charge on any atom is -0.466 e. The van der Waals surface area contributed by atoms with Crippen LogP contribution in [0.4, 0.5) is 0 Å².